The number of likely N-dealkylation sites (tertiary alicyclic amines) is 1. The smallest absolute Gasteiger partial charge is 0.321 e. The van der Waals surface area contributed by atoms with Gasteiger partial charge in [0.05, 0.1) is 12.7 Å². The van der Waals surface area contributed by atoms with Crippen LogP contribution in [0.5, 0.6) is 0 Å². The zero-order valence-corrected chi connectivity index (χ0v) is 13.4. The normalized spacial score (nSPS) is 17.3. The molecule has 0 bridgehead atoms. The number of hydrogen-bond donors (Lipinski definition) is 2. The fraction of sp³-hybridized carbons (Fsp3) is 0.588. The van der Waals surface area contributed by atoms with Crippen molar-refractivity contribution in [3.05, 3.63) is 29.8 Å². The first kappa shape index (κ1) is 16.8. The fourth-order valence-electron chi connectivity index (χ4n) is 2.69. The number of aliphatic hydroxyl groups excluding tert-OH is 1. The Labute approximate surface area is 132 Å². The van der Waals surface area contributed by atoms with Crippen LogP contribution in [-0.2, 0) is 11.3 Å². The molecule has 2 amide bonds. The van der Waals surface area contributed by atoms with Crippen LogP contribution < -0.4 is 5.32 Å². The molecule has 122 valence electrons. The molecule has 1 aromatic carbocycles. The SMILES string of the molecule is CCOCc1ccc(NC(=O)N2CCC(C(C)O)CC2)cc1. The summed E-state index contributed by atoms with van der Waals surface area (Å²) < 4.78 is 5.35. The number of nitrogens with zero attached hydrogens (tertiary/aromatic N) is 1. The van der Waals surface area contributed by atoms with E-state index in [0.717, 1.165) is 24.1 Å². The van der Waals surface area contributed by atoms with Gasteiger partial charge in [-0.15, -0.1) is 0 Å². The van der Waals surface area contributed by atoms with Crippen LogP contribution in [0.15, 0.2) is 24.3 Å². The highest BCUT2D eigenvalue weighted by Gasteiger charge is 2.25. The summed E-state index contributed by atoms with van der Waals surface area (Å²) in [6, 6.07) is 7.65. The molecule has 0 aliphatic carbocycles. The molecule has 1 fully saturated rings. The van der Waals surface area contributed by atoms with Crippen LogP contribution in [0.1, 0.15) is 32.3 Å². The Hall–Kier alpha value is -1.59. The number of nitrogens with one attached hydrogen (secondary N) is 1. The second-order valence-electron chi connectivity index (χ2n) is 5.83. The minimum Gasteiger partial charge on any atom is -0.393 e. The van der Waals surface area contributed by atoms with Crippen molar-refractivity contribution in [1.29, 1.82) is 0 Å². The van der Waals surface area contributed by atoms with Crippen LogP contribution >= 0.6 is 0 Å². The second kappa shape index (κ2) is 8.15. The number of hydrogen-bond acceptors (Lipinski definition) is 3. The lowest BCUT2D eigenvalue weighted by atomic mass is 9.92. The summed E-state index contributed by atoms with van der Waals surface area (Å²) in [6.45, 7) is 6.48. The maximum atomic E-state index is 12.2. The van der Waals surface area contributed by atoms with E-state index in [4.69, 9.17) is 4.74 Å². The lowest BCUT2D eigenvalue weighted by molar-refractivity contribution is 0.0820. The van der Waals surface area contributed by atoms with Crippen molar-refractivity contribution in [1.82, 2.24) is 4.90 Å². The fourth-order valence-corrected chi connectivity index (χ4v) is 2.69. The largest absolute Gasteiger partial charge is 0.393 e. The topological polar surface area (TPSA) is 61.8 Å². The Morgan fingerprint density at radius 2 is 2.00 bits per heavy atom. The summed E-state index contributed by atoms with van der Waals surface area (Å²) in [5, 5.41) is 12.5. The van der Waals surface area contributed by atoms with E-state index >= 15 is 0 Å². The number of carbonyl (C=O) groups excluding carboxylic acids is 1. The average molecular weight is 306 g/mol. The van der Waals surface area contributed by atoms with Gasteiger partial charge >= 0.3 is 6.03 Å². The number of piperidine rings is 1. The molecule has 1 aliphatic rings. The molecule has 1 saturated heterocycles. The van der Waals surface area contributed by atoms with Gasteiger partial charge in [0.15, 0.2) is 0 Å². The maximum absolute atomic E-state index is 12.2. The molecule has 22 heavy (non-hydrogen) atoms. The molecular weight excluding hydrogens is 280 g/mol. The Balaban J connectivity index is 1.82. The molecule has 1 aromatic rings. The minimum absolute atomic E-state index is 0.0680. The molecule has 0 spiro atoms. The summed E-state index contributed by atoms with van der Waals surface area (Å²) in [5.41, 5.74) is 1.89. The van der Waals surface area contributed by atoms with Crippen molar-refractivity contribution in [3.63, 3.8) is 0 Å². The molecule has 0 radical (unpaired) electrons. The predicted molar refractivity (Wildman–Crippen MR) is 86.8 cm³/mol. The van der Waals surface area contributed by atoms with Crippen LogP contribution in [-0.4, -0.2) is 41.8 Å². The van der Waals surface area contributed by atoms with Gasteiger partial charge in [-0.2, -0.15) is 0 Å². The van der Waals surface area contributed by atoms with Gasteiger partial charge in [0.1, 0.15) is 0 Å². The number of urea groups is 1. The lowest BCUT2D eigenvalue weighted by Gasteiger charge is -2.33. The van der Waals surface area contributed by atoms with Crippen molar-refractivity contribution < 1.29 is 14.6 Å². The van der Waals surface area contributed by atoms with Crippen molar-refractivity contribution in [3.8, 4) is 0 Å². The second-order valence-corrected chi connectivity index (χ2v) is 5.83. The zero-order valence-electron chi connectivity index (χ0n) is 13.4. The Bertz CT molecular complexity index is 465. The highest BCUT2D eigenvalue weighted by Crippen LogP contribution is 2.21. The van der Waals surface area contributed by atoms with Crippen molar-refractivity contribution in [2.24, 2.45) is 5.92 Å². The Morgan fingerprint density at radius 3 is 2.55 bits per heavy atom. The van der Waals surface area contributed by atoms with E-state index in [-0.39, 0.29) is 12.1 Å². The molecule has 2 N–H and O–H groups in total. The van der Waals surface area contributed by atoms with Crippen LogP contribution in [0, 0.1) is 5.92 Å². The monoisotopic (exact) mass is 306 g/mol. The highest BCUT2D eigenvalue weighted by molar-refractivity contribution is 5.89. The molecule has 5 nitrogen and oxygen atoms in total. The quantitative estimate of drug-likeness (QED) is 0.879. The number of ether oxygens (including phenoxy) is 1. The van der Waals surface area contributed by atoms with E-state index in [2.05, 4.69) is 5.32 Å². The van der Waals surface area contributed by atoms with E-state index in [0.29, 0.717) is 32.2 Å². The van der Waals surface area contributed by atoms with Crippen molar-refractivity contribution in [2.45, 2.75) is 39.4 Å². The first-order valence-electron chi connectivity index (χ1n) is 8.00. The number of rotatable bonds is 5. The molecule has 1 atom stereocenters. The van der Waals surface area contributed by atoms with Crippen LogP contribution in [0.3, 0.4) is 0 Å². The predicted octanol–water partition coefficient (Wildman–Crippen LogP) is 2.85. The molecule has 2 rings (SSSR count). The average Bonchev–Trinajstić information content (AvgIpc) is 2.54. The van der Waals surface area contributed by atoms with Gasteiger partial charge in [-0.25, -0.2) is 4.79 Å². The standard InChI is InChI=1S/C17H26N2O3/c1-3-22-12-14-4-6-16(7-5-14)18-17(21)19-10-8-15(9-11-19)13(2)20/h4-7,13,15,20H,3,8-12H2,1-2H3,(H,18,21). The van der Waals surface area contributed by atoms with Gasteiger partial charge < -0.3 is 20.1 Å². The van der Waals surface area contributed by atoms with E-state index in [1.54, 1.807) is 0 Å². The number of benzene rings is 1. The van der Waals surface area contributed by atoms with Crippen molar-refractivity contribution >= 4 is 11.7 Å². The van der Waals surface area contributed by atoms with Crippen LogP contribution in [0.2, 0.25) is 0 Å². The van der Waals surface area contributed by atoms with Crippen LogP contribution in [0.25, 0.3) is 0 Å². The molecule has 1 unspecified atom stereocenters. The van der Waals surface area contributed by atoms with Crippen LogP contribution in [0.4, 0.5) is 10.5 Å². The third kappa shape index (κ3) is 4.71. The number of amides is 2. The Morgan fingerprint density at radius 1 is 1.36 bits per heavy atom. The maximum Gasteiger partial charge on any atom is 0.321 e. The third-order valence-electron chi connectivity index (χ3n) is 4.19. The zero-order chi connectivity index (χ0) is 15.9. The summed E-state index contributed by atoms with van der Waals surface area (Å²) >= 11 is 0. The van der Waals surface area contributed by atoms with Gasteiger partial charge in [-0.05, 0) is 50.3 Å². The Kier molecular flexibility index (Phi) is 6.21. The van der Waals surface area contributed by atoms with Crippen molar-refractivity contribution in [2.75, 3.05) is 25.0 Å². The molecule has 1 aliphatic heterocycles. The molecule has 5 heteroatoms. The van der Waals surface area contributed by atoms with Gasteiger partial charge in [0, 0.05) is 25.4 Å². The molecule has 1 heterocycles. The number of carbonyl (C=O) groups is 1. The minimum atomic E-state index is -0.289. The van der Waals surface area contributed by atoms with Gasteiger partial charge in [-0.3, -0.25) is 0 Å². The van der Waals surface area contributed by atoms with Gasteiger partial charge in [0.2, 0.25) is 0 Å². The third-order valence-corrected chi connectivity index (χ3v) is 4.19. The van der Waals surface area contributed by atoms with Gasteiger partial charge in [-0.1, -0.05) is 12.1 Å². The van der Waals surface area contributed by atoms with E-state index in [9.17, 15) is 9.90 Å². The summed E-state index contributed by atoms with van der Waals surface area (Å²) in [4.78, 5) is 14.0. The first-order valence-corrected chi connectivity index (χ1v) is 8.00. The number of anilines is 1. The summed E-state index contributed by atoms with van der Waals surface area (Å²) in [6.07, 6.45) is 1.43. The lowest BCUT2D eigenvalue weighted by Crippen LogP contribution is -2.42. The molecule has 0 aromatic heterocycles. The summed E-state index contributed by atoms with van der Waals surface area (Å²) in [5.74, 6) is 0.307. The van der Waals surface area contributed by atoms with E-state index in [1.807, 2.05) is 43.0 Å². The summed E-state index contributed by atoms with van der Waals surface area (Å²) in [7, 11) is 0. The first-order chi connectivity index (χ1) is 10.6. The molecular formula is C17H26N2O3. The molecule has 0 saturated carbocycles. The van der Waals surface area contributed by atoms with E-state index in [1.165, 1.54) is 0 Å². The van der Waals surface area contributed by atoms with E-state index < -0.39 is 0 Å². The van der Waals surface area contributed by atoms with Gasteiger partial charge in [0.25, 0.3) is 0 Å². The highest BCUT2D eigenvalue weighted by atomic mass is 16.5. The number of aliphatic hydroxyl groups is 1.